The topological polar surface area (TPSA) is 38.7 Å². The first-order valence-corrected chi connectivity index (χ1v) is 7.38. The smallest absolute Gasteiger partial charge is 0.286 e. The number of benzene rings is 1. The van der Waals surface area contributed by atoms with E-state index in [1.54, 1.807) is 13.8 Å². The van der Waals surface area contributed by atoms with Crippen molar-refractivity contribution in [3.8, 4) is 5.75 Å². The molecule has 0 fully saturated rings. The minimum Gasteiger partial charge on any atom is -0.491 e. The predicted molar refractivity (Wildman–Crippen MR) is 84.8 cm³/mol. The quantitative estimate of drug-likeness (QED) is 0.621. The highest BCUT2D eigenvalue weighted by molar-refractivity contribution is 5.51. The van der Waals surface area contributed by atoms with E-state index in [1.165, 1.54) is 0 Å². The third kappa shape index (κ3) is 3.36. The lowest BCUT2D eigenvalue weighted by Gasteiger charge is -2.30. The Morgan fingerprint density at radius 1 is 1.12 bits per heavy atom. The highest BCUT2D eigenvalue weighted by Crippen LogP contribution is 2.40. The molecule has 0 spiro atoms. The summed E-state index contributed by atoms with van der Waals surface area (Å²) in [6.45, 7) is 3.14. The molecule has 1 unspecified atom stereocenters. The van der Waals surface area contributed by atoms with Crippen LogP contribution in [0.2, 0.25) is 0 Å². The van der Waals surface area contributed by atoms with Crippen molar-refractivity contribution < 1.29 is 32.1 Å². The SMILES string of the molecule is COC(O)=C1C(F)=CC(C(C)(C)c2cc(F)c(OC)c(F)c2)=CC1F. The monoisotopic (exact) mass is 358 g/mol. The molecule has 1 atom stereocenters. The van der Waals surface area contributed by atoms with E-state index in [0.29, 0.717) is 0 Å². The minimum absolute atomic E-state index is 0.161. The minimum atomic E-state index is -1.97. The van der Waals surface area contributed by atoms with Gasteiger partial charge in [0.15, 0.2) is 23.6 Å². The second-order valence-corrected chi connectivity index (χ2v) is 6.04. The molecule has 25 heavy (non-hydrogen) atoms. The molecule has 0 radical (unpaired) electrons. The van der Waals surface area contributed by atoms with Crippen LogP contribution in [0.5, 0.6) is 5.75 Å². The summed E-state index contributed by atoms with van der Waals surface area (Å²) in [6, 6.07) is 2.11. The molecular formula is C18H18F4O3. The number of halogens is 4. The number of alkyl halides is 1. The van der Waals surface area contributed by atoms with Crippen LogP contribution < -0.4 is 4.74 Å². The van der Waals surface area contributed by atoms with Crippen LogP contribution in [-0.4, -0.2) is 25.5 Å². The van der Waals surface area contributed by atoms with Gasteiger partial charge in [0.2, 0.25) is 0 Å². The van der Waals surface area contributed by atoms with Gasteiger partial charge >= 0.3 is 0 Å². The molecule has 1 aromatic carbocycles. The maximum Gasteiger partial charge on any atom is 0.286 e. The van der Waals surface area contributed by atoms with Gasteiger partial charge in [0.1, 0.15) is 11.4 Å². The summed E-state index contributed by atoms with van der Waals surface area (Å²) >= 11 is 0. The summed E-state index contributed by atoms with van der Waals surface area (Å²) in [5.41, 5.74) is -1.40. The first kappa shape index (κ1) is 18.9. The largest absolute Gasteiger partial charge is 0.491 e. The van der Waals surface area contributed by atoms with Crippen LogP contribution in [0.25, 0.3) is 0 Å². The standard InChI is InChI=1S/C18H18F4O3/c1-18(2,10-7-13(21)16(24-3)14(22)8-10)9-5-11(19)15(12(20)6-9)17(23)25-4/h5-8,11,23H,1-4H3. The van der Waals surface area contributed by atoms with Crippen molar-refractivity contribution in [1.29, 1.82) is 0 Å². The average molecular weight is 358 g/mol. The lowest BCUT2D eigenvalue weighted by molar-refractivity contribution is 0.126. The number of hydrogen-bond acceptors (Lipinski definition) is 3. The van der Waals surface area contributed by atoms with Gasteiger partial charge in [0.05, 0.1) is 14.2 Å². The van der Waals surface area contributed by atoms with Crippen LogP contribution in [0, 0.1) is 11.6 Å². The van der Waals surface area contributed by atoms with Crippen LogP contribution in [-0.2, 0) is 10.2 Å². The number of rotatable bonds is 4. The fraction of sp³-hybridized carbons (Fsp3) is 0.333. The van der Waals surface area contributed by atoms with Gasteiger partial charge in [-0.05, 0) is 35.4 Å². The van der Waals surface area contributed by atoms with E-state index in [2.05, 4.69) is 9.47 Å². The molecule has 1 aliphatic carbocycles. The van der Waals surface area contributed by atoms with Crippen LogP contribution in [0.1, 0.15) is 19.4 Å². The third-order valence-electron chi connectivity index (χ3n) is 4.21. The van der Waals surface area contributed by atoms with Crippen molar-refractivity contribution in [2.24, 2.45) is 0 Å². The zero-order chi connectivity index (χ0) is 18.9. The summed E-state index contributed by atoms with van der Waals surface area (Å²) in [4.78, 5) is 0. The van der Waals surface area contributed by atoms with E-state index >= 15 is 0 Å². The normalized spacial score (nSPS) is 19.9. The molecule has 0 bridgehead atoms. The molecule has 1 aliphatic rings. The number of aliphatic hydroxyl groups excluding tert-OH is 1. The Morgan fingerprint density at radius 3 is 2.12 bits per heavy atom. The molecule has 0 amide bonds. The van der Waals surface area contributed by atoms with Crippen molar-refractivity contribution in [2.75, 3.05) is 14.2 Å². The molecule has 1 aromatic rings. The van der Waals surface area contributed by atoms with Gasteiger partial charge < -0.3 is 14.6 Å². The molecular weight excluding hydrogens is 340 g/mol. The first-order valence-electron chi connectivity index (χ1n) is 7.38. The van der Waals surface area contributed by atoms with Gasteiger partial charge in [0, 0.05) is 5.41 Å². The fourth-order valence-corrected chi connectivity index (χ4v) is 2.64. The third-order valence-corrected chi connectivity index (χ3v) is 4.21. The van der Waals surface area contributed by atoms with Gasteiger partial charge in [-0.1, -0.05) is 13.8 Å². The maximum absolute atomic E-state index is 14.3. The fourth-order valence-electron chi connectivity index (χ4n) is 2.64. The molecule has 3 nitrogen and oxygen atoms in total. The Labute approximate surface area is 142 Å². The second kappa shape index (κ2) is 6.82. The zero-order valence-electron chi connectivity index (χ0n) is 14.2. The van der Waals surface area contributed by atoms with Gasteiger partial charge in [0.25, 0.3) is 5.95 Å². The number of aliphatic hydroxyl groups is 1. The van der Waals surface area contributed by atoms with Crippen molar-refractivity contribution >= 4 is 0 Å². The van der Waals surface area contributed by atoms with E-state index in [1.807, 2.05) is 0 Å². The van der Waals surface area contributed by atoms with Crippen molar-refractivity contribution in [1.82, 2.24) is 0 Å². The van der Waals surface area contributed by atoms with E-state index in [9.17, 15) is 22.7 Å². The molecule has 7 heteroatoms. The van der Waals surface area contributed by atoms with Gasteiger partial charge in [-0.25, -0.2) is 17.6 Å². The average Bonchev–Trinajstić information content (AvgIpc) is 2.53. The zero-order valence-corrected chi connectivity index (χ0v) is 14.2. The van der Waals surface area contributed by atoms with E-state index < -0.39 is 46.3 Å². The lowest BCUT2D eigenvalue weighted by atomic mass is 9.75. The Balaban J connectivity index is 2.52. The summed E-state index contributed by atoms with van der Waals surface area (Å²) in [5, 5.41) is 9.45. The van der Waals surface area contributed by atoms with Crippen molar-refractivity contribution in [3.05, 3.63) is 64.4 Å². The highest BCUT2D eigenvalue weighted by Gasteiger charge is 2.34. The molecule has 0 aliphatic heterocycles. The predicted octanol–water partition coefficient (Wildman–Crippen LogP) is 4.80. The Bertz CT molecular complexity index is 756. The molecule has 0 saturated carbocycles. The number of methoxy groups -OCH3 is 2. The van der Waals surface area contributed by atoms with Gasteiger partial charge in [-0.3, -0.25) is 0 Å². The van der Waals surface area contributed by atoms with Crippen LogP contribution in [0.15, 0.2) is 47.2 Å². The molecule has 1 N–H and O–H groups in total. The van der Waals surface area contributed by atoms with Gasteiger partial charge in [-0.15, -0.1) is 0 Å². The Morgan fingerprint density at radius 2 is 1.68 bits per heavy atom. The summed E-state index contributed by atoms with van der Waals surface area (Å²) in [7, 11) is 2.21. The van der Waals surface area contributed by atoms with Crippen molar-refractivity contribution in [3.63, 3.8) is 0 Å². The number of allylic oxidation sites excluding steroid dienone is 5. The summed E-state index contributed by atoms with van der Waals surface area (Å²) < 4.78 is 65.5. The molecule has 2 rings (SSSR count). The molecule has 0 saturated heterocycles. The molecule has 0 aromatic heterocycles. The molecule has 136 valence electrons. The highest BCUT2D eigenvalue weighted by atomic mass is 19.1. The van der Waals surface area contributed by atoms with Crippen molar-refractivity contribution in [2.45, 2.75) is 25.4 Å². The van der Waals surface area contributed by atoms with Crippen LogP contribution in [0.4, 0.5) is 17.6 Å². The number of ether oxygens (including phenoxy) is 2. The summed E-state index contributed by atoms with van der Waals surface area (Å²) in [6.07, 6.45) is 0.0983. The Hall–Kier alpha value is -2.44. The van der Waals surface area contributed by atoms with E-state index in [-0.39, 0.29) is 11.1 Å². The summed E-state index contributed by atoms with van der Waals surface area (Å²) in [5.74, 6) is -4.25. The maximum atomic E-state index is 14.3. The Kier molecular flexibility index (Phi) is 5.15. The lowest BCUT2D eigenvalue weighted by Crippen LogP contribution is -2.24. The van der Waals surface area contributed by atoms with E-state index in [0.717, 1.165) is 38.5 Å². The second-order valence-electron chi connectivity index (χ2n) is 6.04. The van der Waals surface area contributed by atoms with Crippen LogP contribution in [0.3, 0.4) is 0 Å². The number of hydrogen-bond donors (Lipinski definition) is 1. The van der Waals surface area contributed by atoms with E-state index in [4.69, 9.17) is 0 Å². The first-order chi connectivity index (χ1) is 11.6. The van der Waals surface area contributed by atoms with Crippen LogP contribution >= 0.6 is 0 Å². The van der Waals surface area contributed by atoms with Gasteiger partial charge in [-0.2, -0.15) is 0 Å². The molecule has 0 heterocycles.